The van der Waals surface area contributed by atoms with Crippen molar-refractivity contribution in [1.29, 1.82) is 0 Å². The van der Waals surface area contributed by atoms with Gasteiger partial charge in [0.05, 0.1) is 0 Å². The fraction of sp³-hybridized carbons (Fsp3) is 0.667. The molecule has 0 amide bonds. The zero-order chi connectivity index (χ0) is 12.5. The lowest BCUT2D eigenvalue weighted by atomic mass is 10.1. The Bertz CT molecular complexity index is 294. The summed E-state index contributed by atoms with van der Waals surface area (Å²) in [7, 11) is 0. The maximum Gasteiger partial charge on any atom is 0.128 e. The smallest absolute Gasteiger partial charge is 0.128 e. The number of nitrogens with zero attached hydrogens (tertiary/aromatic N) is 2. The van der Waals surface area contributed by atoms with Gasteiger partial charge in [-0.3, -0.25) is 0 Å². The van der Waals surface area contributed by atoms with Gasteiger partial charge in [-0.1, -0.05) is 33.6 Å². The Morgan fingerprint density at radius 3 is 1.88 bits per heavy atom. The zero-order valence-electron chi connectivity index (χ0n) is 11.3. The molecule has 1 aromatic heterocycles. The number of aryl methyl sites for hydroxylation is 3. The Labute approximate surface area is 106 Å². The van der Waals surface area contributed by atoms with Crippen LogP contribution in [-0.4, -0.2) is 9.97 Å². The van der Waals surface area contributed by atoms with Crippen molar-refractivity contribution in [2.45, 2.75) is 65.2 Å². The van der Waals surface area contributed by atoms with E-state index >= 15 is 0 Å². The van der Waals surface area contributed by atoms with Crippen LogP contribution in [0.5, 0.6) is 0 Å². The van der Waals surface area contributed by atoms with Gasteiger partial charge in [0.2, 0.25) is 0 Å². The van der Waals surface area contributed by atoms with E-state index in [1.165, 1.54) is 37.1 Å². The highest BCUT2D eigenvalue weighted by molar-refractivity contribution is 5.12. The first-order chi connectivity index (χ1) is 8.30. The van der Waals surface area contributed by atoms with Crippen LogP contribution in [0.3, 0.4) is 0 Å². The molecule has 1 heterocycles. The third kappa shape index (κ3) is 5.29. The summed E-state index contributed by atoms with van der Waals surface area (Å²) in [6.45, 7) is 8.32. The van der Waals surface area contributed by atoms with Gasteiger partial charge in [-0.05, 0) is 38.2 Å². The molecule has 0 spiro atoms. The summed E-state index contributed by atoms with van der Waals surface area (Å²) < 4.78 is 0. The Morgan fingerprint density at radius 2 is 1.47 bits per heavy atom. The van der Waals surface area contributed by atoms with Crippen LogP contribution in [0.15, 0.2) is 6.07 Å². The highest BCUT2D eigenvalue weighted by atomic mass is 14.9. The van der Waals surface area contributed by atoms with Crippen LogP contribution in [0.4, 0.5) is 0 Å². The molecule has 0 atom stereocenters. The predicted molar refractivity (Wildman–Crippen MR) is 72.9 cm³/mol. The van der Waals surface area contributed by atoms with Crippen molar-refractivity contribution >= 4 is 0 Å². The minimum Gasteiger partial charge on any atom is -0.238 e. The molecule has 0 saturated heterocycles. The van der Waals surface area contributed by atoms with E-state index in [9.17, 15) is 0 Å². The van der Waals surface area contributed by atoms with Crippen LogP contribution in [0.25, 0.3) is 0 Å². The van der Waals surface area contributed by atoms with Crippen molar-refractivity contribution in [3.05, 3.63) is 30.2 Å². The van der Waals surface area contributed by atoms with Crippen LogP contribution in [0, 0.1) is 6.92 Å². The Balaban J connectivity index is 2.76. The molecule has 0 unspecified atom stereocenters. The molecule has 1 radical (unpaired) electrons. The summed E-state index contributed by atoms with van der Waals surface area (Å²) in [6, 6.07) is 2.19. The molecule has 0 aliphatic carbocycles. The van der Waals surface area contributed by atoms with Gasteiger partial charge >= 0.3 is 0 Å². The number of aromatic nitrogens is 2. The van der Waals surface area contributed by atoms with Gasteiger partial charge in [0.25, 0.3) is 0 Å². The van der Waals surface area contributed by atoms with Crippen LogP contribution >= 0.6 is 0 Å². The van der Waals surface area contributed by atoms with Crippen molar-refractivity contribution < 1.29 is 0 Å². The maximum absolute atomic E-state index is 4.62. The first-order valence-electron chi connectivity index (χ1n) is 6.95. The molecule has 0 aliphatic rings. The molecule has 17 heavy (non-hydrogen) atoms. The summed E-state index contributed by atoms with van der Waals surface area (Å²) in [5, 5.41) is 0. The number of unbranched alkanes of at least 4 members (excludes halogenated alkanes) is 2. The molecule has 1 aromatic rings. The maximum atomic E-state index is 4.62. The minimum absolute atomic E-state index is 0.879. The third-order valence-corrected chi connectivity index (χ3v) is 2.85. The van der Waals surface area contributed by atoms with Crippen molar-refractivity contribution in [2.75, 3.05) is 0 Å². The standard InChI is InChI=1S/C15H25N2/c1-4-7-10-13-12-14(11-8-5-2)17-15(16-13)9-6-3/h12H,3-11H2,1-2H3. The molecule has 2 heteroatoms. The van der Waals surface area contributed by atoms with Gasteiger partial charge < -0.3 is 0 Å². The minimum atomic E-state index is 0.879. The quantitative estimate of drug-likeness (QED) is 0.680. The van der Waals surface area contributed by atoms with E-state index < -0.39 is 0 Å². The lowest BCUT2D eigenvalue weighted by Crippen LogP contribution is -2.04. The number of rotatable bonds is 8. The van der Waals surface area contributed by atoms with E-state index in [4.69, 9.17) is 0 Å². The molecule has 1 rings (SSSR count). The highest BCUT2D eigenvalue weighted by Crippen LogP contribution is 2.09. The average molecular weight is 233 g/mol. The van der Waals surface area contributed by atoms with Gasteiger partial charge in [0.15, 0.2) is 0 Å². The van der Waals surface area contributed by atoms with Crippen molar-refractivity contribution in [2.24, 2.45) is 0 Å². The molecule has 0 bridgehead atoms. The second-order valence-electron chi connectivity index (χ2n) is 4.58. The van der Waals surface area contributed by atoms with Crippen LogP contribution < -0.4 is 0 Å². The van der Waals surface area contributed by atoms with Gasteiger partial charge in [0, 0.05) is 17.8 Å². The topological polar surface area (TPSA) is 25.8 Å². The zero-order valence-corrected chi connectivity index (χ0v) is 11.3. The molecular formula is C15H25N2. The van der Waals surface area contributed by atoms with E-state index in [0.29, 0.717) is 0 Å². The highest BCUT2D eigenvalue weighted by Gasteiger charge is 2.04. The third-order valence-electron chi connectivity index (χ3n) is 2.85. The summed E-state index contributed by atoms with van der Waals surface area (Å²) in [4.78, 5) is 9.24. The molecule has 0 aromatic carbocycles. The molecule has 0 N–H and O–H groups in total. The Hall–Kier alpha value is -0.920. The molecule has 95 valence electrons. The van der Waals surface area contributed by atoms with Crippen molar-refractivity contribution in [3.63, 3.8) is 0 Å². The van der Waals surface area contributed by atoms with Gasteiger partial charge in [-0.25, -0.2) is 9.97 Å². The molecule has 2 nitrogen and oxygen atoms in total. The normalized spacial score (nSPS) is 10.8. The van der Waals surface area contributed by atoms with Crippen LogP contribution in [0.2, 0.25) is 0 Å². The largest absolute Gasteiger partial charge is 0.238 e. The van der Waals surface area contributed by atoms with E-state index in [0.717, 1.165) is 31.5 Å². The van der Waals surface area contributed by atoms with E-state index in [2.05, 4.69) is 36.8 Å². The fourth-order valence-corrected chi connectivity index (χ4v) is 1.86. The van der Waals surface area contributed by atoms with Gasteiger partial charge in [-0.15, -0.1) is 0 Å². The first kappa shape index (κ1) is 14.1. The van der Waals surface area contributed by atoms with E-state index in [-0.39, 0.29) is 0 Å². The van der Waals surface area contributed by atoms with Crippen molar-refractivity contribution in [1.82, 2.24) is 9.97 Å². The molecule has 0 fully saturated rings. The summed E-state index contributed by atoms with van der Waals surface area (Å²) in [5.74, 6) is 0.986. The number of hydrogen-bond acceptors (Lipinski definition) is 2. The van der Waals surface area contributed by atoms with E-state index in [1.807, 2.05) is 0 Å². The average Bonchev–Trinajstić information content (AvgIpc) is 2.34. The van der Waals surface area contributed by atoms with Gasteiger partial charge in [0.1, 0.15) is 5.82 Å². The fourth-order valence-electron chi connectivity index (χ4n) is 1.86. The number of hydrogen-bond donors (Lipinski definition) is 0. The molecular weight excluding hydrogens is 208 g/mol. The molecule has 0 saturated carbocycles. The summed E-state index contributed by atoms with van der Waals surface area (Å²) >= 11 is 0. The summed E-state index contributed by atoms with van der Waals surface area (Å²) in [5.41, 5.74) is 2.44. The van der Waals surface area contributed by atoms with Crippen LogP contribution in [0.1, 0.15) is 63.2 Å². The van der Waals surface area contributed by atoms with E-state index in [1.54, 1.807) is 0 Å². The monoisotopic (exact) mass is 233 g/mol. The lowest BCUT2D eigenvalue weighted by molar-refractivity contribution is 0.725. The first-order valence-corrected chi connectivity index (χ1v) is 6.95. The predicted octanol–water partition coefficient (Wildman–Crippen LogP) is 3.93. The Morgan fingerprint density at radius 1 is 0.941 bits per heavy atom. The summed E-state index contributed by atoms with van der Waals surface area (Å²) in [6.07, 6.45) is 8.83. The van der Waals surface area contributed by atoms with Crippen LogP contribution in [-0.2, 0) is 19.3 Å². The second-order valence-corrected chi connectivity index (χ2v) is 4.58. The van der Waals surface area contributed by atoms with Crippen molar-refractivity contribution in [3.8, 4) is 0 Å². The second kappa shape index (κ2) is 8.21. The van der Waals surface area contributed by atoms with Gasteiger partial charge in [-0.2, -0.15) is 0 Å². The lowest BCUT2D eigenvalue weighted by Gasteiger charge is -2.07. The Kier molecular flexibility index (Phi) is 6.83. The SMILES string of the molecule is [CH2]CCc1nc(CCCC)cc(CCCC)n1. The molecule has 0 aliphatic heterocycles.